The van der Waals surface area contributed by atoms with Gasteiger partial charge in [-0.25, -0.2) is 4.79 Å². The SMILES string of the molecule is Cc1cn([C@H]2O[C@]3(COS(C)(=O)=O)CN[C@H]2[C@H]3OCc2ccccc2)c(=O)[nH]c1=O. The van der Waals surface area contributed by atoms with Crippen molar-refractivity contribution in [2.45, 2.75) is 37.5 Å². The lowest BCUT2D eigenvalue weighted by Crippen LogP contribution is -2.49. The number of aromatic nitrogens is 2. The zero-order valence-corrected chi connectivity index (χ0v) is 17.3. The number of hydrogen-bond acceptors (Lipinski definition) is 8. The first-order chi connectivity index (χ1) is 14.2. The number of hydrogen-bond donors (Lipinski definition) is 2. The van der Waals surface area contributed by atoms with Crippen molar-refractivity contribution in [2.24, 2.45) is 0 Å². The Balaban J connectivity index is 1.65. The predicted molar refractivity (Wildman–Crippen MR) is 107 cm³/mol. The van der Waals surface area contributed by atoms with E-state index in [1.165, 1.54) is 10.8 Å². The molecule has 0 amide bonds. The smallest absolute Gasteiger partial charge is 0.330 e. The second-order valence-electron chi connectivity index (χ2n) is 7.64. The van der Waals surface area contributed by atoms with E-state index in [0.717, 1.165) is 11.8 Å². The number of ether oxygens (including phenoxy) is 2. The number of aryl methyl sites for hydroxylation is 1. The van der Waals surface area contributed by atoms with Gasteiger partial charge in [0.25, 0.3) is 15.7 Å². The Morgan fingerprint density at radius 2 is 2.00 bits per heavy atom. The van der Waals surface area contributed by atoms with Gasteiger partial charge in [0.2, 0.25) is 0 Å². The van der Waals surface area contributed by atoms with E-state index in [1.807, 2.05) is 30.3 Å². The van der Waals surface area contributed by atoms with Crippen LogP contribution in [0.4, 0.5) is 0 Å². The molecule has 11 heteroatoms. The highest BCUT2D eigenvalue weighted by Gasteiger charge is 2.62. The van der Waals surface area contributed by atoms with Gasteiger partial charge in [0.15, 0.2) is 6.23 Å². The predicted octanol–water partition coefficient (Wildman–Crippen LogP) is -0.354. The Hall–Kier alpha value is -2.31. The number of benzene rings is 1. The molecule has 2 aromatic rings. The summed E-state index contributed by atoms with van der Waals surface area (Å²) in [6.45, 7) is 1.89. The van der Waals surface area contributed by atoms with Crippen molar-refractivity contribution < 1.29 is 22.1 Å². The largest absolute Gasteiger partial charge is 0.369 e. The van der Waals surface area contributed by atoms with E-state index in [-0.39, 0.29) is 13.2 Å². The van der Waals surface area contributed by atoms with Gasteiger partial charge in [0.05, 0.1) is 25.5 Å². The summed E-state index contributed by atoms with van der Waals surface area (Å²) >= 11 is 0. The van der Waals surface area contributed by atoms with Crippen molar-refractivity contribution in [2.75, 3.05) is 19.4 Å². The Morgan fingerprint density at radius 3 is 2.70 bits per heavy atom. The molecule has 0 aliphatic carbocycles. The fourth-order valence-electron chi connectivity index (χ4n) is 3.89. The molecular formula is C19H23N3O7S. The van der Waals surface area contributed by atoms with Gasteiger partial charge >= 0.3 is 5.69 Å². The minimum atomic E-state index is -3.71. The summed E-state index contributed by atoms with van der Waals surface area (Å²) in [7, 11) is -3.71. The van der Waals surface area contributed by atoms with Gasteiger partial charge in [0, 0.05) is 18.3 Å². The van der Waals surface area contributed by atoms with Crippen molar-refractivity contribution in [1.82, 2.24) is 14.9 Å². The molecule has 10 nitrogen and oxygen atoms in total. The van der Waals surface area contributed by atoms with Gasteiger partial charge in [0.1, 0.15) is 11.7 Å². The lowest BCUT2D eigenvalue weighted by atomic mass is 10.00. The molecule has 0 saturated carbocycles. The third-order valence-electron chi connectivity index (χ3n) is 5.35. The van der Waals surface area contributed by atoms with Gasteiger partial charge < -0.3 is 14.8 Å². The molecule has 2 saturated heterocycles. The maximum Gasteiger partial charge on any atom is 0.330 e. The first-order valence-corrected chi connectivity index (χ1v) is 11.2. The highest BCUT2D eigenvalue weighted by Crippen LogP contribution is 2.43. The van der Waals surface area contributed by atoms with Crippen LogP contribution in [-0.2, 0) is 30.4 Å². The fourth-order valence-corrected chi connectivity index (χ4v) is 4.31. The number of rotatable bonds is 7. The van der Waals surface area contributed by atoms with Gasteiger partial charge in [-0.05, 0) is 12.5 Å². The molecule has 30 heavy (non-hydrogen) atoms. The third-order valence-corrected chi connectivity index (χ3v) is 5.90. The molecule has 2 aliphatic heterocycles. The molecule has 0 spiro atoms. The molecule has 0 unspecified atom stereocenters. The van der Waals surface area contributed by atoms with E-state index < -0.39 is 45.3 Å². The van der Waals surface area contributed by atoms with Crippen LogP contribution in [0.3, 0.4) is 0 Å². The molecule has 2 bridgehead atoms. The van der Waals surface area contributed by atoms with Crippen LogP contribution in [0.5, 0.6) is 0 Å². The average Bonchev–Trinajstić information content (AvgIpc) is 3.20. The average molecular weight is 437 g/mol. The number of nitrogens with zero attached hydrogens (tertiary/aromatic N) is 1. The van der Waals surface area contributed by atoms with Crippen molar-refractivity contribution in [1.29, 1.82) is 0 Å². The first-order valence-electron chi connectivity index (χ1n) is 9.42. The van der Waals surface area contributed by atoms with E-state index in [9.17, 15) is 18.0 Å². The summed E-state index contributed by atoms with van der Waals surface area (Å²) in [5.41, 5.74) is -0.914. The summed E-state index contributed by atoms with van der Waals surface area (Å²) < 4.78 is 41.9. The number of nitrogens with one attached hydrogen (secondary N) is 2. The maximum atomic E-state index is 12.4. The molecule has 2 N–H and O–H groups in total. The van der Waals surface area contributed by atoms with E-state index in [2.05, 4.69) is 10.3 Å². The summed E-state index contributed by atoms with van der Waals surface area (Å²) in [6.07, 6.45) is 1.01. The Morgan fingerprint density at radius 1 is 1.27 bits per heavy atom. The van der Waals surface area contributed by atoms with Crippen molar-refractivity contribution >= 4 is 10.1 Å². The number of fused-ring (bicyclic) bond motifs is 2. The summed E-state index contributed by atoms with van der Waals surface area (Å²) in [4.78, 5) is 26.4. The van der Waals surface area contributed by atoms with E-state index in [1.54, 1.807) is 6.92 Å². The molecule has 1 aromatic heterocycles. The van der Waals surface area contributed by atoms with Crippen LogP contribution in [0.1, 0.15) is 17.4 Å². The second-order valence-corrected chi connectivity index (χ2v) is 9.29. The first kappa shape index (κ1) is 20.9. The second kappa shape index (κ2) is 7.75. The highest BCUT2D eigenvalue weighted by atomic mass is 32.2. The van der Waals surface area contributed by atoms with Crippen LogP contribution >= 0.6 is 0 Å². The van der Waals surface area contributed by atoms with Crippen LogP contribution in [0.15, 0.2) is 46.1 Å². The Kier molecular flexibility index (Phi) is 5.41. The van der Waals surface area contributed by atoms with E-state index in [4.69, 9.17) is 13.7 Å². The van der Waals surface area contributed by atoms with Crippen LogP contribution in [0.25, 0.3) is 0 Å². The van der Waals surface area contributed by atoms with Crippen molar-refractivity contribution in [3.8, 4) is 0 Å². The van der Waals surface area contributed by atoms with Gasteiger partial charge in [-0.3, -0.25) is 18.5 Å². The number of aromatic amines is 1. The minimum absolute atomic E-state index is 0.262. The normalized spacial score (nSPS) is 28.1. The van der Waals surface area contributed by atoms with Gasteiger partial charge in [-0.15, -0.1) is 0 Å². The zero-order chi connectivity index (χ0) is 21.5. The maximum absolute atomic E-state index is 12.4. The number of morpholine rings is 1. The third kappa shape index (κ3) is 3.98. The van der Waals surface area contributed by atoms with Crippen LogP contribution in [0, 0.1) is 6.92 Å². The molecule has 0 radical (unpaired) electrons. The molecule has 1 aromatic carbocycles. The minimum Gasteiger partial charge on any atom is -0.369 e. The molecule has 4 atom stereocenters. The molecular weight excluding hydrogens is 414 g/mol. The molecule has 162 valence electrons. The summed E-state index contributed by atoms with van der Waals surface area (Å²) in [5, 5.41) is 3.25. The highest BCUT2D eigenvalue weighted by molar-refractivity contribution is 7.85. The van der Waals surface area contributed by atoms with Crippen LogP contribution < -0.4 is 16.6 Å². The van der Waals surface area contributed by atoms with Crippen LogP contribution in [0.2, 0.25) is 0 Å². The topological polar surface area (TPSA) is 129 Å². The van der Waals surface area contributed by atoms with E-state index in [0.29, 0.717) is 12.1 Å². The quantitative estimate of drug-likeness (QED) is 0.563. The fraction of sp³-hybridized carbons (Fsp3) is 0.474. The Bertz CT molecular complexity index is 1140. The zero-order valence-electron chi connectivity index (χ0n) is 16.5. The van der Waals surface area contributed by atoms with E-state index >= 15 is 0 Å². The molecule has 2 aliphatic rings. The molecule has 3 heterocycles. The van der Waals surface area contributed by atoms with Crippen LogP contribution in [-0.4, -0.2) is 55.1 Å². The lowest BCUT2D eigenvalue weighted by molar-refractivity contribution is -0.137. The van der Waals surface area contributed by atoms with Crippen molar-refractivity contribution in [3.63, 3.8) is 0 Å². The lowest BCUT2D eigenvalue weighted by Gasteiger charge is -2.31. The number of H-pyrrole nitrogens is 1. The monoisotopic (exact) mass is 437 g/mol. The molecule has 2 fully saturated rings. The summed E-state index contributed by atoms with van der Waals surface area (Å²) in [5.74, 6) is 0. The van der Waals surface area contributed by atoms with Gasteiger partial charge in [-0.1, -0.05) is 30.3 Å². The Labute approximate surface area is 172 Å². The van der Waals surface area contributed by atoms with Gasteiger partial charge in [-0.2, -0.15) is 8.42 Å². The summed E-state index contributed by atoms with van der Waals surface area (Å²) in [6, 6.07) is 9.07. The standard InChI is InChI=1S/C19H23N3O7S/c1-12-8-22(18(24)21-16(12)23)17-14-15(27-9-13-6-4-3-5-7-13)19(29-17,10-20-14)11-28-30(2,25)26/h3-8,14-15,17,20H,9-11H2,1-2H3,(H,21,23,24)/t14-,15+,17-,19-/m0/s1. The van der Waals surface area contributed by atoms with Crippen molar-refractivity contribution in [3.05, 3.63) is 68.5 Å². The molecule has 4 rings (SSSR count).